The van der Waals surface area contributed by atoms with Gasteiger partial charge in [-0.1, -0.05) is 35.4 Å². The third-order valence-electron chi connectivity index (χ3n) is 3.87. The number of nitrogens with one attached hydrogen (secondary N) is 1. The van der Waals surface area contributed by atoms with Gasteiger partial charge in [-0.3, -0.25) is 10.1 Å². The lowest BCUT2D eigenvalue weighted by molar-refractivity contribution is -0.384. The second-order valence-electron chi connectivity index (χ2n) is 6.01. The van der Waals surface area contributed by atoms with Crippen molar-refractivity contribution in [3.8, 4) is 11.6 Å². The molecule has 0 aliphatic heterocycles. The Morgan fingerprint density at radius 3 is 2.35 bits per heavy atom. The third kappa shape index (κ3) is 5.60. The van der Waals surface area contributed by atoms with Crippen LogP contribution in [0.2, 0.25) is 10.0 Å². The van der Waals surface area contributed by atoms with Gasteiger partial charge in [0.05, 0.1) is 15.5 Å². The van der Waals surface area contributed by atoms with E-state index in [9.17, 15) is 23.3 Å². The molecule has 3 aromatic rings. The number of alkyl halides is 3. The first-order valence-corrected chi connectivity index (χ1v) is 9.47. The van der Waals surface area contributed by atoms with Crippen molar-refractivity contribution in [1.29, 1.82) is 0 Å². The molecule has 1 aromatic heterocycles. The normalized spacial score (nSPS) is 11.1. The molecule has 0 aliphatic carbocycles. The van der Waals surface area contributed by atoms with E-state index in [1.54, 1.807) is 12.1 Å². The summed E-state index contributed by atoms with van der Waals surface area (Å²) >= 11 is 17.2. The maximum Gasteiger partial charge on any atom is 0.417 e. The van der Waals surface area contributed by atoms with Crippen LogP contribution >= 0.6 is 35.4 Å². The molecule has 0 bridgehead atoms. The van der Waals surface area contributed by atoms with E-state index in [2.05, 4.69) is 10.3 Å². The summed E-state index contributed by atoms with van der Waals surface area (Å²) in [6.07, 6.45) is -3.94. The Kier molecular flexibility index (Phi) is 6.63. The molecule has 0 unspecified atom stereocenters. The van der Waals surface area contributed by atoms with Crippen molar-refractivity contribution in [2.45, 2.75) is 6.18 Å². The Hall–Kier alpha value is -2.95. The fourth-order valence-corrected chi connectivity index (χ4v) is 3.13. The minimum absolute atomic E-state index is 0.159. The van der Waals surface area contributed by atoms with Crippen LogP contribution in [0.3, 0.4) is 0 Å². The zero-order chi connectivity index (χ0) is 22.8. The Labute approximate surface area is 188 Å². The first-order valence-electron chi connectivity index (χ1n) is 8.30. The predicted octanol–water partition coefficient (Wildman–Crippen LogP) is 6.90. The van der Waals surface area contributed by atoms with Crippen molar-refractivity contribution < 1.29 is 22.8 Å². The number of anilines is 1. The molecule has 0 fully saturated rings. The van der Waals surface area contributed by atoms with E-state index in [0.29, 0.717) is 11.9 Å². The highest BCUT2D eigenvalue weighted by Gasteiger charge is 2.31. The molecular weight excluding hydrogens is 478 g/mol. The molecule has 12 heteroatoms. The molecular formula is C19H10Cl2F3N3O3S. The molecule has 1 N–H and O–H groups in total. The van der Waals surface area contributed by atoms with Gasteiger partial charge in [0.2, 0.25) is 5.88 Å². The van der Waals surface area contributed by atoms with Crippen LogP contribution in [-0.2, 0) is 6.18 Å². The van der Waals surface area contributed by atoms with Gasteiger partial charge in [-0.25, -0.2) is 4.98 Å². The van der Waals surface area contributed by atoms with E-state index in [-0.39, 0.29) is 37.9 Å². The number of nitro groups is 1. The lowest BCUT2D eigenvalue weighted by Crippen LogP contribution is -2.11. The summed E-state index contributed by atoms with van der Waals surface area (Å²) in [5.74, 6) is 0.0771. The van der Waals surface area contributed by atoms with Gasteiger partial charge in [0.15, 0.2) is 0 Å². The number of nitro benzene ring substituents is 1. The van der Waals surface area contributed by atoms with Crippen LogP contribution in [0.5, 0.6) is 11.6 Å². The molecule has 31 heavy (non-hydrogen) atoms. The van der Waals surface area contributed by atoms with Crippen molar-refractivity contribution in [1.82, 2.24) is 4.98 Å². The highest BCUT2D eigenvalue weighted by Crippen LogP contribution is 2.35. The summed E-state index contributed by atoms with van der Waals surface area (Å²) in [5.41, 5.74) is -0.343. The van der Waals surface area contributed by atoms with Gasteiger partial charge < -0.3 is 10.1 Å². The number of hydrogen-bond donors (Lipinski definition) is 1. The van der Waals surface area contributed by atoms with Gasteiger partial charge in [0.1, 0.15) is 15.8 Å². The maximum absolute atomic E-state index is 12.7. The third-order valence-corrected chi connectivity index (χ3v) is 4.79. The number of aromatic nitrogens is 1. The Balaban J connectivity index is 1.72. The van der Waals surface area contributed by atoms with Gasteiger partial charge in [-0.2, -0.15) is 13.2 Å². The van der Waals surface area contributed by atoms with Gasteiger partial charge >= 0.3 is 6.18 Å². The second-order valence-corrected chi connectivity index (χ2v) is 7.23. The van der Waals surface area contributed by atoms with E-state index >= 15 is 0 Å². The smallest absolute Gasteiger partial charge is 0.417 e. The van der Waals surface area contributed by atoms with E-state index in [1.807, 2.05) is 0 Å². The van der Waals surface area contributed by atoms with Crippen LogP contribution in [0.25, 0.3) is 0 Å². The van der Waals surface area contributed by atoms with Crippen LogP contribution < -0.4 is 10.1 Å². The van der Waals surface area contributed by atoms with Crippen molar-refractivity contribution >= 4 is 51.8 Å². The van der Waals surface area contributed by atoms with Crippen LogP contribution in [0.1, 0.15) is 11.1 Å². The number of hydrogen-bond acceptors (Lipinski definition) is 5. The molecule has 0 saturated heterocycles. The number of benzene rings is 2. The molecule has 0 saturated carbocycles. The number of thiocarbonyl (C=S) groups is 1. The molecule has 0 spiro atoms. The first kappa shape index (κ1) is 22.7. The minimum Gasteiger partial charge on any atom is -0.438 e. The first-order chi connectivity index (χ1) is 14.5. The Morgan fingerprint density at radius 2 is 1.77 bits per heavy atom. The van der Waals surface area contributed by atoms with Crippen molar-refractivity contribution in [2.75, 3.05) is 5.32 Å². The monoisotopic (exact) mass is 487 g/mol. The molecule has 0 radical (unpaired) electrons. The zero-order valence-electron chi connectivity index (χ0n) is 15.1. The summed E-state index contributed by atoms with van der Waals surface area (Å²) in [6.45, 7) is 0. The standard InChI is InChI=1S/C19H10Cl2F3N3O3S/c20-15-6-3-12(27(28)29)8-14(15)18(31)26-11-1-4-13(5-2-11)30-17-16(21)7-10(9-25-17)19(22,23)24/h1-9H,(H,26,31). The van der Waals surface area contributed by atoms with E-state index in [4.69, 9.17) is 40.2 Å². The quantitative estimate of drug-likeness (QED) is 0.239. The van der Waals surface area contributed by atoms with Crippen LogP contribution in [0.15, 0.2) is 54.7 Å². The summed E-state index contributed by atoms with van der Waals surface area (Å²) in [6, 6.07) is 10.8. The predicted molar refractivity (Wildman–Crippen MR) is 114 cm³/mol. The number of ether oxygens (including phenoxy) is 1. The fourth-order valence-electron chi connectivity index (χ4n) is 2.37. The Bertz CT molecular complexity index is 1160. The highest BCUT2D eigenvalue weighted by molar-refractivity contribution is 7.81. The number of nitrogens with zero attached hydrogens (tertiary/aromatic N) is 2. The molecule has 160 valence electrons. The fraction of sp³-hybridized carbons (Fsp3) is 0.0526. The summed E-state index contributed by atoms with van der Waals surface area (Å²) < 4.78 is 43.5. The largest absolute Gasteiger partial charge is 0.438 e. The molecule has 0 amide bonds. The van der Waals surface area contributed by atoms with E-state index in [1.165, 1.54) is 30.3 Å². The molecule has 0 aliphatic rings. The van der Waals surface area contributed by atoms with Gasteiger partial charge in [-0.15, -0.1) is 0 Å². The maximum atomic E-state index is 12.7. The zero-order valence-corrected chi connectivity index (χ0v) is 17.4. The van der Waals surface area contributed by atoms with Crippen LogP contribution in [0.4, 0.5) is 24.5 Å². The number of non-ortho nitro benzene ring substituents is 1. The van der Waals surface area contributed by atoms with Gasteiger partial charge in [-0.05, 0) is 36.4 Å². The van der Waals surface area contributed by atoms with Crippen molar-refractivity contribution in [3.05, 3.63) is 86.0 Å². The van der Waals surface area contributed by atoms with E-state index < -0.39 is 16.7 Å². The topological polar surface area (TPSA) is 77.3 Å². The molecule has 2 aromatic carbocycles. The number of halogens is 5. The SMILES string of the molecule is O=[N+]([O-])c1ccc(Cl)c(C(=S)Nc2ccc(Oc3ncc(C(F)(F)F)cc3Cl)cc2)c1. The van der Waals surface area contributed by atoms with Gasteiger partial charge in [0.25, 0.3) is 5.69 Å². The molecule has 1 heterocycles. The number of rotatable bonds is 5. The highest BCUT2D eigenvalue weighted by atomic mass is 35.5. The minimum atomic E-state index is -4.57. The van der Waals surface area contributed by atoms with Crippen LogP contribution in [-0.4, -0.2) is 14.9 Å². The lowest BCUT2D eigenvalue weighted by Gasteiger charge is -2.12. The molecule has 0 atom stereocenters. The lowest BCUT2D eigenvalue weighted by atomic mass is 10.2. The summed E-state index contributed by atoms with van der Waals surface area (Å²) in [7, 11) is 0. The number of pyridine rings is 1. The summed E-state index contributed by atoms with van der Waals surface area (Å²) in [4.78, 5) is 14.1. The second kappa shape index (κ2) is 9.04. The summed E-state index contributed by atoms with van der Waals surface area (Å²) in [5, 5.41) is 13.8. The molecule has 6 nitrogen and oxygen atoms in total. The van der Waals surface area contributed by atoms with Crippen molar-refractivity contribution in [2.24, 2.45) is 0 Å². The average molecular weight is 488 g/mol. The average Bonchev–Trinajstić information content (AvgIpc) is 2.70. The van der Waals surface area contributed by atoms with Gasteiger partial charge in [0, 0.05) is 29.6 Å². The van der Waals surface area contributed by atoms with Crippen molar-refractivity contribution in [3.63, 3.8) is 0 Å². The Morgan fingerprint density at radius 1 is 1.10 bits per heavy atom. The molecule has 3 rings (SSSR count). The van der Waals surface area contributed by atoms with E-state index in [0.717, 1.165) is 6.07 Å². The van der Waals surface area contributed by atoms with Crippen LogP contribution in [0, 0.1) is 10.1 Å².